The van der Waals surface area contributed by atoms with Crippen molar-refractivity contribution in [3.8, 4) is 68.2 Å². The summed E-state index contributed by atoms with van der Waals surface area (Å²) in [6.45, 7) is 5.89. The number of benzene rings is 7. The van der Waals surface area contributed by atoms with Crippen LogP contribution in [0.15, 0.2) is 127 Å². The highest BCUT2D eigenvalue weighted by atomic mass is 35.5. The van der Waals surface area contributed by atoms with Crippen molar-refractivity contribution in [3.05, 3.63) is 176 Å². The molecule has 14 rings (SSSR count). The Morgan fingerprint density at radius 3 is 1.95 bits per heavy atom. The van der Waals surface area contributed by atoms with Crippen LogP contribution in [0, 0.1) is 17.8 Å². The molecule has 4 amide bonds. The van der Waals surface area contributed by atoms with E-state index in [9.17, 15) is 60.3 Å². The minimum Gasteiger partial charge on any atom is -0.508 e. The first-order valence-electron chi connectivity index (χ1n) is 36.5. The summed E-state index contributed by atoms with van der Waals surface area (Å²) in [6, 6.07) is 26.0. The Kier molecular flexibility index (Phi) is 25.3. The Hall–Kier alpha value is -9.34. The van der Waals surface area contributed by atoms with Crippen LogP contribution in [0.3, 0.4) is 0 Å². The molecule has 16 N–H and O–H groups in total. The van der Waals surface area contributed by atoms with Crippen LogP contribution in [-0.2, 0) is 60.9 Å². The van der Waals surface area contributed by atoms with Gasteiger partial charge in [0.05, 0.1) is 52.8 Å². The average molecular weight is 1600 g/mol. The number of carbonyl (C=O) groups is 7. The fourth-order valence-corrected chi connectivity index (χ4v) is 15.5. The number of likely N-dealkylation sites (N-methyl/N-ethyl adjacent to an activating group) is 1. The lowest BCUT2D eigenvalue weighted by Crippen LogP contribution is -2.65. The van der Waals surface area contributed by atoms with Gasteiger partial charge in [-0.2, -0.15) is 0 Å². The number of hydrogen-bond donors (Lipinski definition) is 15. The third-order valence-corrected chi connectivity index (χ3v) is 22.0. The number of aliphatic hydroxyl groups is 6. The van der Waals surface area contributed by atoms with E-state index >= 15 is 19.2 Å². The number of nitrogens with one attached hydrogen (secondary N) is 5. The second-order valence-electron chi connectivity index (χ2n) is 29.6. The summed E-state index contributed by atoms with van der Waals surface area (Å²) in [6.07, 6.45) is -20.2. The number of carbonyl (C=O) groups excluding carboxylic acids is 7. The third-order valence-electron chi connectivity index (χ3n) is 21.1. The molecule has 7 aromatic carbocycles. The highest BCUT2D eigenvalue weighted by molar-refractivity contribution is 6.32. The maximum Gasteiger partial charge on any atom is 0.237 e. The summed E-state index contributed by atoms with van der Waals surface area (Å²) in [5, 5.41) is 120. The van der Waals surface area contributed by atoms with Crippen molar-refractivity contribution >= 4 is 75.8 Å². The highest BCUT2D eigenvalue weighted by Gasteiger charge is 2.52. The van der Waals surface area contributed by atoms with Gasteiger partial charge in [0, 0.05) is 78.9 Å². The van der Waals surface area contributed by atoms with Gasteiger partial charge in [-0.15, -0.1) is 0 Å². The largest absolute Gasteiger partial charge is 0.508 e. The fraction of sp³-hybridized carbons (Fsp3) is 0.395. The molecule has 2 saturated heterocycles. The number of ether oxygens (including phenoxy) is 6. The molecule has 11 bridgehead atoms. The van der Waals surface area contributed by atoms with Crippen LogP contribution in [0.2, 0.25) is 15.1 Å². The van der Waals surface area contributed by atoms with Gasteiger partial charge in [0.2, 0.25) is 35.7 Å². The Morgan fingerprint density at radius 2 is 1.33 bits per heavy atom. The van der Waals surface area contributed by atoms with Crippen LogP contribution in [0.1, 0.15) is 124 Å². The quantitative estimate of drug-likeness (QED) is 0.0440. The molecule has 0 radical (unpaired) electrons. The van der Waals surface area contributed by atoms with E-state index in [-0.39, 0.29) is 85.8 Å². The lowest BCUT2D eigenvalue weighted by atomic mass is 9.80. The first-order valence-corrected chi connectivity index (χ1v) is 37.6. The number of aliphatic hydroxyl groups excluding tert-OH is 6. The molecule has 17 atom stereocenters. The zero-order chi connectivity index (χ0) is 80.5. The first-order chi connectivity index (χ1) is 53.3. The highest BCUT2D eigenvalue weighted by Crippen LogP contribution is 2.51. The van der Waals surface area contributed by atoms with Crippen LogP contribution in [0.5, 0.6) is 46.0 Å². The number of aromatic hydroxyl groups is 3. The molecule has 4 unspecified atom stereocenters. The van der Waals surface area contributed by atoms with E-state index in [2.05, 4.69) is 26.6 Å². The predicted molar refractivity (Wildman–Crippen MR) is 406 cm³/mol. The van der Waals surface area contributed by atoms with Crippen molar-refractivity contribution in [1.82, 2.24) is 26.6 Å². The van der Waals surface area contributed by atoms with Crippen LogP contribution in [-0.4, -0.2) is 167 Å². The fourth-order valence-electron chi connectivity index (χ4n) is 15.0. The first kappa shape index (κ1) is 82.1. The summed E-state index contributed by atoms with van der Waals surface area (Å²) >= 11 is 20.5. The van der Waals surface area contributed by atoms with E-state index in [1.54, 1.807) is 26.0 Å². The smallest absolute Gasteiger partial charge is 0.237 e. The number of hydrogen-bond acceptors (Lipinski definition) is 24. The van der Waals surface area contributed by atoms with Crippen molar-refractivity contribution in [2.45, 2.75) is 170 Å². The molecular formula is C81H87Cl3N6O22. The summed E-state index contributed by atoms with van der Waals surface area (Å²) in [5.74, 6) is -15.9. The summed E-state index contributed by atoms with van der Waals surface area (Å²) in [5.41, 5.74) is 6.68. The molecule has 7 heterocycles. The molecule has 0 saturated carbocycles. The molecule has 28 nitrogen and oxygen atoms in total. The monoisotopic (exact) mass is 1600 g/mol. The molecule has 0 aromatic heterocycles. The molecule has 7 aliphatic rings. The topological polar surface area (TPSA) is 443 Å². The van der Waals surface area contributed by atoms with Gasteiger partial charge < -0.3 is 107 Å². The van der Waals surface area contributed by atoms with Gasteiger partial charge in [-0.3, -0.25) is 33.6 Å². The maximum absolute atomic E-state index is 16.3. The number of Topliss-reactive ketones (excluding diaryl/α,β-unsaturated/α-hetero) is 3. The van der Waals surface area contributed by atoms with Crippen molar-refractivity contribution in [2.24, 2.45) is 23.5 Å². The molecule has 0 aliphatic carbocycles. The number of ketones is 3. The second-order valence-corrected chi connectivity index (χ2v) is 30.8. The van der Waals surface area contributed by atoms with E-state index in [0.717, 1.165) is 34.9 Å². The molecule has 7 aromatic rings. The number of fused-ring (bicyclic) bond motifs is 15. The van der Waals surface area contributed by atoms with Gasteiger partial charge in [0.15, 0.2) is 35.5 Å². The van der Waals surface area contributed by atoms with Crippen LogP contribution >= 0.6 is 34.8 Å². The van der Waals surface area contributed by atoms with Gasteiger partial charge >= 0.3 is 0 Å². The summed E-state index contributed by atoms with van der Waals surface area (Å²) < 4.78 is 39.7. The van der Waals surface area contributed by atoms with Gasteiger partial charge in [0.1, 0.15) is 71.0 Å². The zero-order valence-corrected chi connectivity index (χ0v) is 63.6. The van der Waals surface area contributed by atoms with Crippen molar-refractivity contribution in [2.75, 3.05) is 13.7 Å². The van der Waals surface area contributed by atoms with E-state index in [0.29, 0.717) is 5.02 Å². The number of primary amides is 1. The molecule has 0 spiro atoms. The number of nitrogens with two attached hydrogens (primary N) is 1. The molecule has 31 heteroatoms. The van der Waals surface area contributed by atoms with Crippen LogP contribution in [0.25, 0.3) is 22.3 Å². The standard InChI is InChI=1S/C81H87Cl3N6O22/c1-36(2)20-54(86-5)79(106)90-69-58(96)25-45(28-65(85)98)77(104)89-68-44-26-62(108-60-18-13-42(23-52(60)83)70(99)51-31-56(94)49(30-59(68)97)41-12-17-55(93)50(22-41)67-46(34-87-78(51)105)21-48(92)29-57(67)95)74(63(27-44)109-61-19-14-43(71(69)100)24-53(61)84)112-80-75(73(102)72(101)64(35-91)110-80)111-66-32-81(4,76(103)37(3)107-66)88-33-38-6-8-39(9-7-38)40-10-15-47(82)16-11-40/h6-19,21-24,26-27,29,36-37,45,49,51,54,64,66,68-73,75-76,80,86,88,91-93,95,99-103H,20,25,28,30-35H2,1-5H3,(H2,85,98)(H,87,105)(H,89,104)(H,90,106)/t37-,45-,49-,51-,54+,64?,66-,68+,69-,70+,71+,72?,73-,75+,76+,80?,81?/m0/s1. The van der Waals surface area contributed by atoms with E-state index in [4.69, 9.17) is 69.0 Å². The summed E-state index contributed by atoms with van der Waals surface area (Å²) in [4.78, 5) is 105. The normalized spacial score (nSPS) is 27.2. The number of phenolic OH excluding ortho intramolecular Hbond substituents is 3. The number of halogens is 3. The molecule has 7 aliphatic heterocycles. The van der Waals surface area contributed by atoms with Crippen LogP contribution in [0.4, 0.5) is 0 Å². The Balaban J connectivity index is 1.03. The SMILES string of the molecule is CN[C@H](CC(C)C)C(=O)N[C@H]1C(=O)C[C@@H](CC(N)=O)C(=O)N[C@H]2C(=O)C[C@@H]3C(=O)C[C@H](C(=O)NCc4cc(O)cc(O)c4-c4cc3ccc4O)[C@H](O)c3ccc(c(Cl)c3)Oc3cc2cc(c3OC2OC(CO)C(O)[C@H](O)[C@H]2O[C@H]2CC(C)(NCc3ccc(-c4ccc(Cl)cc4)cc3)[C@H](O)[C@H](C)O2)Oc2ccc(cc2Cl)[C@H]1O. The minimum atomic E-state index is -2.11. The zero-order valence-electron chi connectivity index (χ0n) is 61.3. The lowest BCUT2D eigenvalue weighted by molar-refractivity contribution is -0.334. The van der Waals surface area contributed by atoms with Gasteiger partial charge in [0.25, 0.3) is 0 Å². The number of amides is 4. The van der Waals surface area contributed by atoms with Gasteiger partial charge in [-0.25, -0.2) is 0 Å². The number of rotatable bonds is 16. The third kappa shape index (κ3) is 18.0. The van der Waals surface area contributed by atoms with Gasteiger partial charge in [-0.1, -0.05) is 103 Å². The second kappa shape index (κ2) is 34.6. The Labute approximate surface area is 658 Å². The molecular weight excluding hydrogens is 1520 g/mol. The van der Waals surface area contributed by atoms with Gasteiger partial charge in [-0.05, 0) is 144 Å². The average Bonchev–Trinajstić information content (AvgIpc) is 0.767. The summed E-state index contributed by atoms with van der Waals surface area (Å²) in [7, 11) is 1.52. The maximum atomic E-state index is 16.3. The molecule has 2 fully saturated rings. The molecule has 594 valence electrons. The Bertz CT molecular complexity index is 4730. The van der Waals surface area contributed by atoms with Crippen LogP contribution < -0.4 is 46.5 Å². The predicted octanol–water partition coefficient (Wildman–Crippen LogP) is 7.70. The lowest BCUT2D eigenvalue weighted by Gasteiger charge is -2.48. The molecule has 112 heavy (non-hydrogen) atoms. The Morgan fingerprint density at radius 1 is 0.696 bits per heavy atom. The van der Waals surface area contributed by atoms with E-state index in [1.165, 1.54) is 67.7 Å². The number of phenols is 3. The van der Waals surface area contributed by atoms with Crippen molar-refractivity contribution in [1.29, 1.82) is 0 Å². The van der Waals surface area contributed by atoms with E-state index in [1.807, 2.05) is 50.2 Å². The van der Waals surface area contributed by atoms with Crippen molar-refractivity contribution < 1.29 is 108 Å². The van der Waals surface area contributed by atoms with Crippen molar-refractivity contribution in [3.63, 3.8) is 0 Å². The minimum absolute atomic E-state index is 0.0284. The van der Waals surface area contributed by atoms with E-state index < -0.39 is 217 Å².